The molecule has 0 amide bonds. The molecule has 0 spiro atoms. The first-order chi connectivity index (χ1) is 10.8. The van der Waals surface area contributed by atoms with E-state index in [0.717, 1.165) is 53.3 Å². The SMILES string of the molecule is CCC(C)CCCC(C)C1CC(C(C)C)C2C(C)CC(C)C2C1. The fourth-order valence-corrected chi connectivity index (χ4v) is 6.21. The summed E-state index contributed by atoms with van der Waals surface area (Å²) in [5, 5.41) is 0. The van der Waals surface area contributed by atoms with Crippen molar-refractivity contribution < 1.29 is 0 Å². The molecule has 8 unspecified atom stereocenters. The monoisotopic (exact) mass is 320 g/mol. The van der Waals surface area contributed by atoms with E-state index >= 15 is 0 Å². The van der Waals surface area contributed by atoms with E-state index in [0.29, 0.717) is 0 Å². The lowest BCUT2D eigenvalue weighted by Crippen LogP contribution is -2.38. The van der Waals surface area contributed by atoms with Crippen LogP contribution in [0, 0.1) is 53.3 Å². The molecule has 0 saturated heterocycles. The van der Waals surface area contributed by atoms with Crippen LogP contribution in [0.3, 0.4) is 0 Å². The summed E-state index contributed by atoms with van der Waals surface area (Å²) < 4.78 is 0. The summed E-state index contributed by atoms with van der Waals surface area (Å²) in [7, 11) is 0. The summed E-state index contributed by atoms with van der Waals surface area (Å²) in [6.07, 6.45) is 10.3. The van der Waals surface area contributed by atoms with E-state index in [1.807, 2.05) is 0 Å². The summed E-state index contributed by atoms with van der Waals surface area (Å²) in [6, 6.07) is 0. The minimum Gasteiger partial charge on any atom is -0.0651 e. The van der Waals surface area contributed by atoms with Crippen LogP contribution in [0.5, 0.6) is 0 Å². The quantitative estimate of drug-likeness (QED) is 0.457. The summed E-state index contributed by atoms with van der Waals surface area (Å²) in [6.45, 7) is 17.4. The van der Waals surface area contributed by atoms with Crippen molar-refractivity contribution in [2.45, 2.75) is 93.4 Å². The summed E-state index contributed by atoms with van der Waals surface area (Å²) in [4.78, 5) is 0. The van der Waals surface area contributed by atoms with Gasteiger partial charge in [0.2, 0.25) is 0 Å². The molecule has 2 fully saturated rings. The average Bonchev–Trinajstić information content (AvgIpc) is 2.80. The van der Waals surface area contributed by atoms with E-state index in [1.165, 1.54) is 38.5 Å². The van der Waals surface area contributed by atoms with Crippen molar-refractivity contribution in [1.82, 2.24) is 0 Å². The van der Waals surface area contributed by atoms with Gasteiger partial charge in [-0.05, 0) is 72.5 Å². The van der Waals surface area contributed by atoms with E-state index < -0.39 is 0 Å². The molecule has 2 aliphatic carbocycles. The second-order valence-corrected chi connectivity index (χ2v) is 9.99. The van der Waals surface area contributed by atoms with Crippen LogP contribution in [0.1, 0.15) is 93.4 Å². The summed E-state index contributed by atoms with van der Waals surface area (Å²) >= 11 is 0. The first-order valence-corrected chi connectivity index (χ1v) is 10.8. The van der Waals surface area contributed by atoms with Crippen LogP contribution in [0.15, 0.2) is 0 Å². The highest BCUT2D eigenvalue weighted by atomic mass is 14.5. The Balaban J connectivity index is 1.95. The lowest BCUT2D eigenvalue weighted by molar-refractivity contribution is 0.0388. The molecule has 2 rings (SSSR count). The zero-order chi connectivity index (χ0) is 17.1. The van der Waals surface area contributed by atoms with E-state index in [-0.39, 0.29) is 0 Å². The van der Waals surface area contributed by atoms with Gasteiger partial charge in [0.05, 0.1) is 0 Å². The van der Waals surface area contributed by atoms with Gasteiger partial charge in [0.25, 0.3) is 0 Å². The lowest BCUT2D eigenvalue weighted by Gasteiger charge is -2.45. The maximum Gasteiger partial charge on any atom is -0.0326 e. The minimum absolute atomic E-state index is 0.880. The van der Waals surface area contributed by atoms with E-state index in [1.54, 1.807) is 6.42 Å². The standard InChI is InChI=1S/C23H44/c1-8-16(4)10-9-11-17(5)20-13-21(15(2)3)23-19(7)12-18(6)22(23)14-20/h15-23H,8-14H2,1-7H3. The first-order valence-electron chi connectivity index (χ1n) is 10.8. The zero-order valence-electron chi connectivity index (χ0n) is 17.1. The van der Waals surface area contributed by atoms with Gasteiger partial charge in [-0.25, -0.2) is 0 Å². The fraction of sp³-hybridized carbons (Fsp3) is 1.00. The number of hydrogen-bond donors (Lipinski definition) is 0. The Morgan fingerprint density at radius 1 is 0.870 bits per heavy atom. The fourth-order valence-electron chi connectivity index (χ4n) is 6.21. The molecular weight excluding hydrogens is 276 g/mol. The molecule has 0 heterocycles. The highest BCUT2D eigenvalue weighted by molar-refractivity contribution is 4.97. The van der Waals surface area contributed by atoms with E-state index in [9.17, 15) is 0 Å². The molecule has 0 N–H and O–H groups in total. The van der Waals surface area contributed by atoms with Crippen molar-refractivity contribution in [3.05, 3.63) is 0 Å². The highest BCUT2D eigenvalue weighted by Gasteiger charge is 2.48. The number of rotatable bonds is 7. The Labute approximate surface area is 147 Å². The predicted molar refractivity (Wildman–Crippen MR) is 103 cm³/mol. The molecule has 23 heavy (non-hydrogen) atoms. The van der Waals surface area contributed by atoms with Crippen LogP contribution in [0.25, 0.3) is 0 Å². The first kappa shape index (κ1) is 19.3. The minimum atomic E-state index is 0.880. The molecular formula is C23H44. The largest absolute Gasteiger partial charge is 0.0651 e. The Morgan fingerprint density at radius 2 is 1.57 bits per heavy atom. The van der Waals surface area contributed by atoms with Crippen molar-refractivity contribution in [3.8, 4) is 0 Å². The van der Waals surface area contributed by atoms with Crippen LogP contribution in [-0.2, 0) is 0 Å². The Kier molecular flexibility index (Phi) is 7.05. The van der Waals surface area contributed by atoms with Gasteiger partial charge in [0.15, 0.2) is 0 Å². The van der Waals surface area contributed by atoms with Crippen molar-refractivity contribution in [1.29, 1.82) is 0 Å². The Morgan fingerprint density at radius 3 is 2.17 bits per heavy atom. The molecule has 0 heteroatoms. The molecule has 0 aromatic heterocycles. The molecule has 0 radical (unpaired) electrons. The van der Waals surface area contributed by atoms with Gasteiger partial charge in [-0.3, -0.25) is 0 Å². The molecule has 0 nitrogen and oxygen atoms in total. The van der Waals surface area contributed by atoms with Crippen molar-refractivity contribution in [2.24, 2.45) is 53.3 Å². The van der Waals surface area contributed by atoms with Gasteiger partial charge >= 0.3 is 0 Å². The lowest BCUT2D eigenvalue weighted by atomic mass is 9.60. The molecule has 0 bridgehead atoms. The molecule has 0 aliphatic heterocycles. The smallest absolute Gasteiger partial charge is 0.0326 e. The second kappa shape index (κ2) is 8.39. The van der Waals surface area contributed by atoms with Gasteiger partial charge < -0.3 is 0 Å². The van der Waals surface area contributed by atoms with Crippen LogP contribution < -0.4 is 0 Å². The molecule has 136 valence electrons. The van der Waals surface area contributed by atoms with Gasteiger partial charge in [-0.15, -0.1) is 0 Å². The third kappa shape index (κ3) is 4.55. The third-order valence-electron chi connectivity index (χ3n) is 7.98. The number of hydrogen-bond acceptors (Lipinski definition) is 0. The van der Waals surface area contributed by atoms with Crippen LogP contribution in [-0.4, -0.2) is 0 Å². The van der Waals surface area contributed by atoms with E-state index in [2.05, 4.69) is 48.5 Å². The van der Waals surface area contributed by atoms with Gasteiger partial charge in [0, 0.05) is 0 Å². The van der Waals surface area contributed by atoms with Crippen molar-refractivity contribution >= 4 is 0 Å². The average molecular weight is 321 g/mol. The van der Waals surface area contributed by atoms with Gasteiger partial charge in [-0.2, -0.15) is 0 Å². The Hall–Kier alpha value is 0. The molecule has 8 atom stereocenters. The summed E-state index contributed by atoms with van der Waals surface area (Å²) in [5.74, 6) is 8.79. The van der Waals surface area contributed by atoms with Crippen LogP contribution in [0.2, 0.25) is 0 Å². The Bertz CT molecular complexity index is 344. The van der Waals surface area contributed by atoms with Crippen molar-refractivity contribution in [2.75, 3.05) is 0 Å². The van der Waals surface area contributed by atoms with Crippen LogP contribution >= 0.6 is 0 Å². The number of fused-ring (bicyclic) bond motifs is 1. The molecule has 2 aliphatic rings. The molecule has 0 aromatic rings. The highest BCUT2D eigenvalue weighted by Crippen LogP contribution is 2.56. The van der Waals surface area contributed by atoms with Crippen LogP contribution in [0.4, 0.5) is 0 Å². The van der Waals surface area contributed by atoms with Gasteiger partial charge in [0.1, 0.15) is 0 Å². The maximum absolute atomic E-state index is 2.57. The summed E-state index contributed by atoms with van der Waals surface area (Å²) in [5.41, 5.74) is 0. The van der Waals surface area contributed by atoms with E-state index in [4.69, 9.17) is 0 Å². The maximum atomic E-state index is 2.57. The van der Waals surface area contributed by atoms with Crippen molar-refractivity contribution in [3.63, 3.8) is 0 Å². The topological polar surface area (TPSA) is 0 Å². The third-order valence-corrected chi connectivity index (χ3v) is 7.98. The normalized spacial score (nSPS) is 40.2. The zero-order valence-corrected chi connectivity index (χ0v) is 17.1. The molecule has 2 saturated carbocycles. The second-order valence-electron chi connectivity index (χ2n) is 9.99. The predicted octanol–water partition coefficient (Wildman–Crippen LogP) is 7.43. The molecule has 0 aromatic carbocycles. The van der Waals surface area contributed by atoms with Gasteiger partial charge in [-0.1, -0.05) is 74.1 Å².